The molecule has 0 radical (unpaired) electrons. The van der Waals surface area contributed by atoms with Gasteiger partial charge in [-0.05, 0) is 79.4 Å². The Hall–Kier alpha value is -0.260. The zero-order valence-corrected chi connectivity index (χ0v) is 12.9. The van der Waals surface area contributed by atoms with Crippen molar-refractivity contribution in [1.29, 1.82) is 0 Å². The molecule has 6 unspecified atom stereocenters. The van der Waals surface area contributed by atoms with E-state index in [9.17, 15) is 0 Å². The van der Waals surface area contributed by atoms with E-state index in [0.29, 0.717) is 10.8 Å². The van der Waals surface area contributed by atoms with E-state index in [4.69, 9.17) is 0 Å². The van der Waals surface area contributed by atoms with E-state index in [-0.39, 0.29) is 0 Å². The lowest BCUT2D eigenvalue weighted by molar-refractivity contribution is -0.120. The Bertz CT molecular complexity index is 408. The average molecular weight is 258 g/mol. The summed E-state index contributed by atoms with van der Waals surface area (Å²) in [4.78, 5) is 0. The van der Waals surface area contributed by atoms with Crippen molar-refractivity contribution in [2.75, 3.05) is 0 Å². The number of rotatable bonds is 0. The van der Waals surface area contributed by atoms with Crippen LogP contribution in [0.4, 0.5) is 0 Å². The minimum atomic E-state index is 0.672. The molecule has 0 aromatic carbocycles. The molecule has 0 nitrogen and oxygen atoms in total. The van der Waals surface area contributed by atoms with E-state index >= 15 is 0 Å². The van der Waals surface area contributed by atoms with Gasteiger partial charge in [0.05, 0.1) is 0 Å². The molecule has 4 saturated carbocycles. The predicted octanol–water partition coefficient (Wildman–Crippen LogP) is 5.59. The first-order valence-corrected chi connectivity index (χ1v) is 8.73. The number of hydrogen-bond acceptors (Lipinski definition) is 0. The van der Waals surface area contributed by atoms with Crippen LogP contribution in [0.15, 0.2) is 12.2 Å². The molecule has 4 fully saturated rings. The largest absolute Gasteiger partial charge is 0.0996 e. The van der Waals surface area contributed by atoms with Crippen LogP contribution in [0.3, 0.4) is 0 Å². The third-order valence-electron chi connectivity index (χ3n) is 8.01. The second-order valence-electron chi connectivity index (χ2n) is 8.75. The molecule has 6 atom stereocenters. The van der Waals surface area contributed by atoms with Gasteiger partial charge in [0.2, 0.25) is 0 Å². The topological polar surface area (TPSA) is 0 Å². The molecule has 0 N–H and O–H groups in total. The highest BCUT2D eigenvalue weighted by atomic mass is 14.7. The molecule has 2 bridgehead atoms. The first kappa shape index (κ1) is 12.5. The highest BCUT2D eigenvalue weighted by molar-refractivity contribution is 5.21. The number of fused-ring (bicyclic) bond motifs is 3. The Labute approximate surface area is 119 Å². The fourth-order valence-corrected chi connectivity index (χ4v) is 7.27. The van der Waals surface area contributed by atoms with Gasteiger partial charge in [0.15, 0.2) is 0 Å². The monoisotopic (exact) mass is 258 g/mol. The summed E-state index contributed by atoms with van der Waals surface area (Å²) in [5, 5.41) is 0. The van der Waals surface area contributed by atoms with Gasteiger partial charge in [-0.15, -0.1) is 0 Å². The summed E-state index contributed by atoms with van der Waals surface area (Å²) >= 11 is 0. The second kappa shape index (κ2) is 3.89. The molecule has 1 spiro atoms. The summed E-state index contributed by atoms with van der Waals surface area (Å²) in [5.41, 5.74) is 2.99. The van der Waals surface area contributed by atoms with Gasteiger partial charge in [0.25, 0.3) is 0 Å². The van der Waals surface area contributed by atoms with Crippen molar-refractivity contribution in [2.24, 2.45) is 34.5 Å². The maximum absolute atomic E-state index is 4.42. The molecule has 0 heteroatoms. The van der Waals surface area contributed by atoms with Crippen molar-refractivity contribution in [3.8, 4) is 0 Å². The summed E-state index contributed by atoms with van der Waals surface area (Å²) < 4.78 is 0. The third kappa shape index (κ3) is 1.52. The van der Waals surface area contributed by atoms with Gasteiger partial charge in [-0.3, -0.25) is 0 Å². The zero-order valence-electron chi connectivity index (χ0n) is 12.9. The first-order chi connectivity index (χ1) is 9.05. The zero-order chi connectivity index (χ0) is 13.3. The Morgan fingerprint density at radius 3 is 2.79 bits per heavy atom. The van der Waals surface area contributed by atoms with Crippen LogP contribution in [-0.4, -0.2) is 0 Å². The highest BCUT2D eigenvalue weighted by Crippen LogP contribution is 2.70. The molecule has 4 aliphatic carbocycles. The van der Waals surface area contributed by atoms with E-state index < -0.39 is 0 Å². The molecule has 4 aliphatic rings. The molecule has 0 aromatic heterocycles. The lowest BCUT2D eigenvalue weighted by Crippen LogP contribution is -2.53. The van der Waals surface area contributed by atoms with Crippen LogP contribution in [0.25, 0.3) is 0 Å². The van der Waals surface area contributed by atoms with Gasteiger partial charge < -0.3 is 0 Å². The van der Waals surface area contributed by atoms with Crippen molar-refractivity contribution in [1.82, 2.24) is 0 Å². The van der Waals surface area contributed by atoms with Crippen LogP contribution < -0.4 is 0 Å². The van der Waals surface area contributed by atoms with Crippen LogP contribution in [0, 0.1) is 34.5 Å². The molecular formula is C19H30. The molecule has 0 heterocycles. The van der Waals surface area contributed by atoms with Gasteiger partial charge in [-0.25, -0.2) is 0 Å². The Kier molecular flexibility index (Phi) is 2.56. The van der Waals surface area contributed by atoms with Gasteiger partial charge in [-0.2, -0.15) is 0 Å². The molecule has 106 valence electrons. The Morgan fingerprint density at radius 2 is 1.95 bits per heavy atom. The molecule has 4 rings (SSSR count). The Balaban J connectivity index is 1.73. The van der Waals surface area contributed by atoms with Gasteiger partial charge >= 0.3 is 0 Å². The lowest BCUT2D eigenvalue weighted by atomic mass is 9.43. The number of hydrogen-bond donors (Lipinski definition) is 0. The molecule has 0 aliphatic heterocycles. The number of allylic oxidation sites excluding steroid dienone is 1. The summed E-state index contributed by atoms with van der Waals surface area (Å²) in [7, 11) is 0. The highest BCUT2D eigenvalue weighted by Gasteiger charge is 2.61. The van der Waals surface area contributed by atoms with Gasteiger partial charge in [-0.1, -0.05) is 38.8 Å². The fourth-order valence-electron chi connectivity index (χ4n) is 7.27. The van der Waals surface area contributed by atoms with Gasteiger partial charge in [0.1, 0.15) is 0 Å². The normalized spacial score (nSPS) is 56.6. The van der Waals surface area contributed by atoms with Crippen molar-refractivity contribution in [2.45, 2.75) is 71.6 Å². The molecule has 0 amide bonds. The maximum atomic E-state index is 4.42. The van der Waals surface area contributed by atoms with E-state index in [2.05, 4.69) is 20.4 Å². The molecule has 0 saturated heterocycles. The third-order valence-corrected chi connectivity index (χ3v) is 8.01. The molecular weight excluding hydrogens is 228 g/mol. The average Bonchev–Trinajstić information content (AvgIpc) is 2.59. The molecule has 19 heavy (non-hydrogen) atoms. The predicted molar refractivity (Wildman–Crippen MR) is 80.9 cm³/mol. The van der Waals surface area contributed by atoms with Crippen LogP contribution in [0.5, 0.6) is 0 Å². The summed E-state index contributed by atoms with van der Waals surface area (Å²) in [6, 6.07) is 0. The SMILES string of the molecule is C=C1CC23CCC4C(C)CCCC4(C)C2CCC1C3. The lowest BCUT2D eigenvalue weighted by Gasteiger charge is -2.61. The van der Waals surface area contributed by atoms with Crippen LogP contribution >= 0.6 is 0 Å². The van der Waals surface area contributed by atoms with E-state index in [1.807, 2.05) is 0 Å². The van der Waals surface area contributed by atoms with Crippen molar-refractivity contribution >= 4 is 0 Å². The minimum Gasteiger partial charge on any atom is -0.0996 e. The van der Waals surface area contributed by atoms with Crippen molar-refractivity contribution < 1.29 is 0 Å². The molecule has 0 aromatic rings. The standard InChI is InChI=1S/C19H30/c1-13-5-4-9-18(3)16(13)8-10-19-11-14(2)15(12-19)6-7-17(18)19/h13,15-17H,2,4-12H2,1,3H3. The fraction of sp³-hybridized carbons (Fsp3) is 0.895. The first-order valence-electron chi connectivity index (χ1n) is 8.73. The summed E-state index contributed by atoms with van der Waals surface area (Å²) in [5.74, 6) is 3.94. The minimum absolute atomic E-state index is 0.672. The van der Waals surface area contributed by atoms with E-state index in [1.165, 1.54) is 57.8 Å². The van der Waals surface area contributed by atoms with Crippen molar-refractivity contribution in [3.05, 3.63) is 12.2 Å². The Morgan fingerprint density at radius 1 is 1.11 bits per heavy atom. The smallest absolute Gasteiger partial charge is 0.0200 e. The summed E-state index contributed by atoms with van der Waals surface area (Å²) in [6.07, 6.45) is 13.4. The second-order valence-corrected chi connectivity index (χ2v) is 8.75. The van der Waals surface area contributed by atoms with E-state index in [0.717, 1.165) is 23.7 Å². The van der Waals surface area contributed by atoms with Crippen LogP contribution in [0.1, 0.15) is 71.6 Å². The maximum Gasteiger partial charge on any atom is -0.0200 e. The van der Waals surface area contributed by atoms with Crippen LogP contribution in [0.2, 0.25) is 0 Å². The van der Waals surface area contributed by atoms with Crippen LogP contribution in [-0.2, 0) is 0 Å². The summed E-state index contributed by atoms with van der Waals surface area (Å²) in [6.45, 7) is 9.65. The van der Waals surface area contributed by atoms with Gasteiger partial charge in [0, 0.05) is 0 Å². The van der Waals surface area contributed by atoms with Crippen molar-refractivity contribution in [3.63, 3.8) is 0 Å². The van der Waals surface area contributed by atoms with E-state index in [1.54, 1.807) is 5.57 Å². The quantitative estimate of drug-likeness (QED) is 0.497.